The molecule has 1 aliphatic rings. The van der Waals surface area contributed by atoms with E-state index in [0.717, 1.165) is 12.2 Å². The molecule has 3 rings (SSSR count). The average Bonchev–Trinajstić information content (AvgIpc) is 3.11. The normalized spacial score (nSPS) is 15.4. The van der Waals surface area contributed by atoms with E-state index in [-0.39, 0.29) is 11.7 Å². The first-order valence-electron chi connectivity index (χ1n) is 8.54. The summed E-state index contributed by atoms with van der Waals surface area (Å²) in [6.07, 6.45) is 0.787. The zero-order valence-corrected chi connectivity index (χ0v) is 16.1. The Bertz CT molecular complexity index is 743. The third-order valence-corrected chi connectivity index (χ3v) is 5.53. The van der Waals surface area contributed by atoms with E-state index < -0.39 is 0 Å². The number of H-pyrrole nitrogens is 1. The van der Waals surface area contributed by atoms with Crippen LogP contribution in [-0.4, -0.2) is 62.8 Å². The van der Waals surface area contributed by atoms with E-state index in [9.17, 15) is 9.18 Å². The van der Waals surface area contributed by atoms with Gasteiger partial charge in [0.1, 0.15) is 11.6 Å². The summed E-state index contributed by atoms with van der Waals surface area (Å²) in [6, 6.07) is 4.72. The Morgan fingerprint density at radius 1 is 1.35 bits per heavy atom. The molecular formula is C17H21ClFN5OS. The van der Waals surface area contributed by atoms with E-state index in [0.29, 0.717) is 54.2 Å². The first kappa shape index (κ1) is 19.1. The van der Waals surface area contributed by atoms with Gasteiger partial charge in [-0.1, -0.05) is 36.4 Å². The summed E-state index contributed by atoms with van der Waals surface area (Å²) in [7, 11) is 0. The summed E-state index contributed by atoms with van der Waals surface area (Å²) in [4.78, 5) is 20.6. The Morgan fingerprint density at radius 3 is 2.77 bits per heavy atom. The minimum absolute atomic E-state index is 0.0708. The smallest absolute Gasteiger partial charge is 0.233 e. The van der Waals surface area contributed by atoms with Gasteiger partial charge in [-0.15, -0.1) is 5.10 Å². The number of piperazine rings is 1. The second-order valence-corrected chi connectivity index (χ2v) is 7.41. The molecule has 26 heavy (non-hydrogen) atoms. The Hall–Kier alpha value is -1.64. The van der Waals surface area contributed by atoms with Crippen molar-refractivity contribution in [3.63, 3.8) is 0 Å². The topological polar surface area (TPSA) is 65.1 Å². The molecule has 140 valence electrons. The summed E-state index contributed by atoms with van der Waals surface area (Å²) >= 11 is 7.43. The van der Waals surface area contributed by atoms with E-state index >= 15 is 0 Å². The molecule has 0 spiro atoms. The summed E-state index contributed by atoms with van der Waals surface area (Å²) in [5, 5.41) is 7.96. The first-order chi connectivity index (χ1) is 12.6. The molecule has 6 nitrogen and oxygen atoms in total. The number of halogens is 2. The van der Waals surface area contributed by atoms with Crippen molar-refractivity contribution in [3.8, 4) is 0 Å². The van der Waals surface area contributed by atoms with Crippen LogP contribution in [0.3, 0.4) is 0 Å². The van der Waals surface area contributed by atoms with E-state index in [1.807, 2.05) is 11.8 Å². The van der Waals surface area contributed by atoms with Gasteiger partial charge in [0, 0.05) is 49.7 Å². The number of aryl methyl sites for hydroxylation is 1. The van der Waals surface area contributed by atoms with Gasteiger partial charge in [0.2, 0.25) is 11.1 Å². The molecule has 1 saturated heterocycles. The van der Waals surface area contributed by atoms with E-state index in [1.165, 1.54) is 17.8 Å². The number of carbonyl (C=O) groups excluding carboxylic acids is 1. The van der Waals surface area contributed by atoms with Gasteiger partial charge in [-0.2, -0.15) is 0 Å². The molecule has 0 radical (unpaired) electrons. The average molecular weight is 398 g/mol. The summed E-state index contributed by atoms with van der Waals surface area (Å²) in [6.45, 7) is 5.09. The Morgan fingerprint density at radius 2 is 2.12 bits per heavy atom. The van der Waals surface area contributed by atoms with Crippen LogP contribution in [0.2, 0.25) is 5.02 Å². The molecule has 0 bridgehead atoms. The SMILES string of the molecule is CCc1nc(SCC(=O)N2CCN(Cc3c(F)cccc3Cl)CC2)n[nH]1. The van der Waals surface area contributed by atoms with Crippen molar-refractivity contribution in [2.24, 2.45) is 0 Å². The number of nitrogens with one attached hydrogen (secondary N) is 1. The van der Waals surface area contributed by atoms with Crippen molar-refractivity contribution in [3.05, 3.63) is 40.4 Å². The molecule has 1 N–H and O–H groups in total. The molecule has 2 heterocycles. The van der Waals surface area contributed by atoms with Crippen molar-refractivity contribution in [2.75, 3.05) is 31.9 Å². The monoisotopic (exact) mass is 397 g/mol. The van der Waals surface area contributed by atoms with Crippen LogP contribution >= 0.6 is 23.4 Å². The van der Waals surface area contributed by atoms with Crippen LogP contribution in [0, 0.1) is 5.82 Å². The molecule has 2 aromatic rings. The number of hydrogen-bond donors (Lipinski definition) is 1. The van der Waals surface area contributed by atoms with Gasteiger partial charge in [-0.05, 0) is 12.1 Å². The lowest BCUT2D eigenvalue weighted by Gasteiger charge is -2.34. The molecule has 0 aliphatic carbocycles. The summed E-state index contributed by atoms with van der Waals surface area (Å²) in [5.74, 6) is 0.923. The largest absolute Gasteiger partial charge is 0.339 e. The zero-order chi connectivity index (χ0) is 18.5. The fourth-order valence-electron chi connectivity index (χ4n) is 2.78. The maximum Gasteiger partial charge on any atom is 0.233 e. The Balaban J connectivity index is 1.46. The maximum atomic E-state index is 13.9. The summed E-state index contributed by atoms with van der Waals surface area (Å²) in [5.41, 5.74) is 0.515. The quantitative estimate of drug-likeness (QED) is 0.759. The summed E-state index contributed by atoms with van der Waals surface area (Å²) < 4.78 is 13.9. The zero-order valence-electron chi connectivity index (χ0n) is 14.5. The molecule has 1 aliphatic heterocycles. The first-order valence-corrected chi connectivity index (χ1v) is 9.90. The van der Waals surface area contributed by atoms with Crippen LogP contribution in [-0.2, 0) is 17.8 Å². The third-order valence-electron chi connectivity index (χ3n) is 4.34. The van der Waals surface area contributed by atoms with Crippen LogP contribution in [0.4, 0.5) is 4.39 Å². The highest BCUT2D eigenvalue weighted by Gasteiger charge is 2.22. The van der Waals surface area contributed by atoms with E-state index in [2.05, 4.69) is 20.1 Å². The lowest BCUT2D eigenvalue weighted by atomic mass is 10.2. The highest BCUT2D eigenvalue weighted by Crippen LogP contribution is 2.21. The second-order valence-electron chi connectivity index (χ2n) is 6.06. The molecule has 1 aromatic carbocycles. The number of benzene rings is 1. The number of rotatable bonds is 6. The highest BCUT2D eigenvalue weighted by atomic mass is 35.5. The number of aromatic amines is 1. The standard InChI is InChI=1S/C17H21ClFN5OS/c1-2-15-20-17(22-21-15)26-11-16(25)24-8-6-23(7-9-24)10-12-13(18)4-3-5-14(12)19/h3-5H,2,6-11H2,1H3,(H,20,21,22). The highest BCUT2D eigenvalue weighted by molar-refractivity contribution is 7.99. The van der Waals surface area contributed by atoms with Gasteiger partial charge in [0.15, 0.2) is 0 Å². The fourth-order valence-corrected chi connectivity index (χ4v) is 3.72. The van der Waals surface area contributed by atoms with Crippen molar-refractivity contribution in [1.29, 1.82) is 0 Å². The van der Waals surface area contributed by atoms with Gasteiger partial charge in [0.25, 0.3) is 0 Å². The van der Waals surface area contributed by atoms with Crippen LogP contribution in [0.15, 0.2) is 23.4 Å². The maximum absolute atomic E-state index is 13.9. The molecule has 0 saturated carbocycles. The Kier molecular flexibility index (Phi) is 6.50. The van der Waals surface area contributed by atoms with Crippen LogP contribution in [0.5, 0.6) is 0 Å². The van der Waals surface area contributed by atoms with Crippen molar-refractivity contribution in [1.82, 2.24) is 25.0 Å². The van der Waals surface area contributed by atoms with Crippen LogP contribution < -0.4 is 0 Å². The molecule has 0 atom stereocenters. The molecule has 1 fully saturated rings. The number of amides is 1. The van der Waals surface area contributed by atoms with Crippen molar-refractivity contribution in [2.45, 2.75) is 25.0 Å². The van der Waals surface area contributed by atoms with Gasteiger partial charge >= 0.3 is 0 Å². The molecular weight excluding hydrogens is 377 g/mol. The van der Waals surface area contributed by atoms with Crippen LogP contribution in [0.25, 0.3) is 0 Å². The van der Waals surface area contributed by atoms with Crippen molar-refractivity contribution < 1.29 is 9.18 Å². The minimum Gasteiger partial charge on any atom is -0.339 e. The lowest BCUT2D eigenvalue weighted by molar-refractivity contribution is -0.130. The van der Waals surface area contributed by atoms with Gasteiger partial charge in [0.05, 0.1) is 5.75 Å². The molecule has 0 unspecified atom stereocenters. The van der Waals surface area contributed by atoms with Gasteiger partial charge in [-0.3, -0.25) is 14.8 Å². The van der Waals surface area contributed by atoms with E-state index in [4.69, 9.17) is 11.6 Å². The van der Waals surface area contributed by atoms with Crippen molar-refractivity contribution >= 4 is 29.3 Å². The number of thioether (sulfide) groups is 1. The number of aromatic nitrogens is 3. The molecule has 9 heteroatoms. The predicted molar refractivity (Wildman–Crippen MR) is 99.8 cm³/mol. The predicted octanol–water partition coefficient (Wildman–Crippen LogP) is 2.60. The van der Waals surface area contributed by atoms with Crippen LogP contribution in [0.1, 0.15) is 18.3 Å². The van der Waals surface area contributed by atoms with Gasteiger partial charge < -0.3 is 4.90 Å². The third kappa shape index (κ3) is 4.75. The Labute approximate surface area is 161 Å². The van der Waals surface area contributed by atoms with Gasteiger partial charge in [-0.25, -0.2) is 9.37 Å². The number of nitrogens with zero attached hydrogens (tertiary/aromatic N) is 4. The molecule has 1 aromatic heterocycles. The molecule has 1 amide bonds. The fraction of sp³-hybridized carbons (Fsp3) is 0.471. The minimum atomic E-state index is -0.287. The van der Waals surface area contributed by atoms with E-state index in [1.54, 1.807) is 12.1 Å². The second kappa shape index (κ2) is 8.83. The lowest BCUT2D eigenvalue weighted by Crippen LogP contribution is -2.48. The number of hydrogen-bond acceptors (Lipinski definition) is 5. The number of carbonyl (C=O) groups is 1.